The molecule has 0 saturated carbocycles. The van der Waals surface area contributed by atoms with E-state index in [1.165, 1.54) is 6.07 Å². The summed E-state index contributed by atoms with van der Waals surface area (Å²) in [5.41, 5.74) is 7.69. The van der Waals surface area contributed by atoms with E-state index in [0.717, 1.165) is 25.0 Å². The third-order valence-corrected chi connectivity index (χ3v) is 4.03. The standard InChI is InChI=1S/C15H20FN3O/c1-10-4-5-13(16)12(7-10)14-8-18-15(17)19(14)9-11-3-2-6-20-11/h4-5,7,11,14H,2-3,6,8-9H2,1H3,(H2,17,18). The van der Waals surface area contributed by atoms with Crippen LogP contribution in [0, 0.1) is 12.7 Å². The Balaban J connectivity index is 1.82. The lowest BCUT2D eigenvalue weighted by atomic mass is 10.0. The number of guanidine groups is 1. The minimum absolute atomic E-state index is 0.112. The molecule has 2 atom stereocenters. The fraction of sp³-hybridized carbons (Fsp3) is 0.533. The van der Waals surface area contributed by atoms with E-state index >= 15 is 0 Å². The number of hydrogen-bond donors (Lipinski definition) is 1. The molecule has 0 radical (unpaired) electrons. The molecule has 108 valence electrons. The van der Waals surface area contributed by atoms with Crippen LogP contribution >= 0.6 is 0 Å². The second-order valence-corrected chi connectivity index (χ2v) is 5.53. The number of aryl methyl sites for hydroxylation is 1. The Kier molecular flexibility index (Phi) is 3.61. The van der Waals surface area contributed by atoms with Crippen LogP contribution in [-0.2, 0) is 4.74 Å². The zero-order valence-electron chi connectivity index (χ0n) is 11.7. The second-order valence-electron chi connectivity index (χ2n) is 5.53. The summed E-state index contributed by atoms with van der Waals surface area (Å²) in [4.78, 5) is 6.27. The number of benzene rings is 1. The van der Waals surface area contributed by atoms with Gasteiger partial charge in [-0.15, -0.1) is 0 Å². The Morgan fingerprint density at radius 1 is 1.50 bits per heavy atom. The number of nitrogens with zero attached hydrogens (tertiary/aromatic N) is 2. The molecule has 0 aliphatic carbocycles. The largest absolute Gasteiger partial charge is 0.376 e. The maximum atomic E-state index is 14.1. The lowest BCUT2D eigenvalue weighted by molar-refractivity contribution is 0.0849. The van der Waals surface area contributed by atoms with E-state index in [-0.39, 0.29) is 18.0 Å². The SMILES string of the molecule is Cc1ccc(F)c(C2CN=C(N)N2CC2CCCO2)c1. The summed E-state index contributed by atoms with van der Waals surface area (Å²) in [6.07, 6.45) is 2.29. The van der Waals surface area contributed by atoms with E-state index in [0.29, 0.717) is 24.6 Å². The summed E-state index contributed by atoms with van der Waals surface area (Å²) >= 11 is 0. The van der Waals surface area contributed by atoms with Gasteiger partial charge in [0.2, 0.25) is 0 Å². The molecule has 20 heavy (non-hydrogen) atoms. The van der Waals surface area contributed by atoms with Gasteiger partial charge < -0.3 is 15.4 Å². The van der Waals surface area contributed by atoms with Gasteiger partial charge in [0.25, 0.3) is 0 Å². The van der Waals surface area contributed by atoms with E-state index in [1.807, 2.05) is 17.9 Å². The van der Waals surface area contributed by atoms with Crippen molar-refractivity contribution in [3.63, 3.8) is 0 Å². The molecule has 1 saturated heterocycles. The molecule has 2 aliphatic rings. The Labute approximate surface area is 118 Å². The van der Waals surface area contributed by atoms with Crippen LogP contribution in [0.25, 0.3) is 0 Å². The van der Waals surface area contributed by atoms with Crippen LogP contribution < -0.4 is 5.73 Å². The number of rotatable bonds is 3. The molecule has 0 amide bonds. The lowest BCUT2D eigenvalue weighted by Crippen LogP contribution is -2.41. The van der Waals surface area contributed by atoms with E-state index in [1.54, 1.807) is 6.07 Å². The van der Waals surface area contributed by atoms with Crippen molar-refractivity contribution in [3.8, 4) is 0 Å². The molecule has 2 aliphatic heterocycles. The van der Waals surface area contributed by atoms with Gasteiger partial charge in [-0.25, -0.2) is 4.39 Å². The zero-order valence-corrected chi connectivity index (χ0v) is 11.7. The summed E-state index contributed by atoms with van der Waals surface area (Å²) in [6, 6.07) is 5.07. The van der Waals surface area contributed by atoms with Crippen LogP contribution in [0.1, 0.15) is 30.0 Å². The highest BCUT2D eigenvalue weighted by molar-refractivity contribution is 5.80. The molecule has 1 fully saturated rings. The number of hydrogen-bond acceptors (Lipinski definition) is 4. The highest BCUT2D eigenvalue weighted by atomic mass is 19.1. The van der Waals surface area contributed by atoms with Crippen LogP contribution in [0.4, 0.5) is 4.39 Å². The first-order chi connectivity index (χ1) is 9.65. The van der Waals surface area contributed by atoms with Crippen molar-refractivity contribution in [2.24, 2.45) is 10.7 Å². The predicted octanol–water partition coefficient (Wildman–Crippen LogP) is 1.98. The predicted molar refractivity (Wildman–Crippen MR) is 76.0 cm³/mol. The van der Waals surface area contributed by atoms with Crippen LogP contribution in [0.2, 0.25) is 0 Å². The van der Waals surface area contributed by atoms with Gasteiger partial charge in [0, 0.05) is 18.7 Å². The Bertz CT molecular complexity index is 526. The number of aliphatic imine (C=N–C) groups is 1. The van der Waals surface area contributed by atoms with Crippen LogP contribution in [0.5, 0.6) is 0 Å². The number of halogens is 1. The molecule has 0 aromatic heterocycles. The highest BCUT2D eigenvalue weighted by Gasteiger charge is 2.32. The van der Waals surface area contributed by atoms with Gasteiger partial charge in [0.15, 0.2) is 5.96 Å². The van der Waals surface area contributed by atoms with Crippen molar-refractivity contribution in [2.75, 3.05) is 19.7 Å². The van der Waals surface area contributed by atoms with Gasteiger partial charge in [-0.3, -0.25) is 4.99 Å². The van der Waals surface area contributed by atoms with Gasteiger partial charge in [0.1, 0.15) is 5.82 Å². The average Bonchev–Trinajstić information content (AvgIpc) is 3.05. The van der Waals surface area contributed by atoms with Crippen molar-refractivity contribution in [1.82, 2.24) is 4.90 Å². The van der Waals surface area contributed by atoms with Crippen molar-refractivity contribution >= 4 is 5.96 Å². The van der Waals surface area contributed by atoms with Crippen LogP contribution in [0.3, 0.4) is 0 Å². The van der Waals surface area contributed by atoms with Crippen LogP contribution in [0.15, 0.2) is 23.2 Å². The summed E-state index contributed by atoms with van der Waals surface area (Å²) in [7, 11) is 0. The van der Waals surface area contributed by atoms with Gasteiger partial charge in [-0.05, 0) is 25.8 Å². The van der Waals surface area contributed by atoms with E-state index in [2.05, 4.69) is 4.99 Å². The van der Waals surface area contributed by atoms with Crippen molar-refractivity contribution in [2.45, 2.75) is 31.9 Å². The molecule has 4 nitrogen and oxygen atoms in total. The van der Waals surface area contributed by atoms with Crippen molar-refractivity contribution in [1.29, 1.82) is 0 Å². The number of nitrogens with two attached hydrogens (primary N) is 1. The third-order valence-electron chi connectivity index (χ3n) is 4.03. The monoisotopic (exact) mass is 277 g/mol. The molecule has 5 heteroatoms. The molecule has 3 rings (SSSR count). The molecule has 2 N–H and O–H groups in total. The molecule has 1 aromatic rings. The van der Waals surface area contributed by atoms with E-state index < -0.39 is 0 Å². The first-order valence-electron chi connectivity index (χ1n) is 7.09. The Morgan fingerprint density at radius 3 is 3.10 bits per heavy atom. The fourth-order valence-corrected chi connectivity index (χ4v) is 2.94. The molecule has 0 spiro atoms. The summed E-state index contributed by atoms with van der Waals surface area (Å²) in [5.74, 6) is 0.300. The molecule has 2 heterocycles. The van der Waals surface area contributed by atoms with E-state index in [4.69, 9.17) is 10.5 Å². The Hall–Kier alpha value is -1.62. The Morgan fingerprint density at radius 2 is 2.35 bits per heavy atom. The maximum Gasteiger partial charge on any atom is 0.192 e. The summed E-state index contributed by atoms with van der Waals surface area (Å²) < 4.78 is 19.7. The van der Waals surface area contributed by atoms with Gasteiger partial charge in [-0.1, -0.05) is 17.7 Å². The second kappa shape index (κ2) is 5.40. The van der Waals surface area contributed by atoms with Crippen molar-refractivity contribution < 1.29 is 9.13 Å². The molecule has 0 bridgehead atoms. The third kappa shape index (κ3) is 2.50. The first-order valence-corrected chi connectivity index (χ1v) is 7.09. The fourth-order valence-electron chi connectivity index (χ4n) is 2.94. The first kappa shape index (κ1) is 13.4. The van der Waals surface area contributed by atoms with Crippen LogP contribution in [-0.4, -0.2) is 36.7 Å². The van der Waals surface area contributed by atoms with Crippen molar-refractivity contribution in [3.05, 3.63) is 35.1 Å². The van der Waals surface area contributed by atoms with Gasteiger partial charge >= 0.3 is 0 Å². The normalized spacial score (nSPS) is 26.1. The quantitative estimate of drug-likeness (QED) is 0.919. The van der Waals surface area contributed by atoms with Gasteiger partial charge in [0.05, 0.1) is 18.7 Å². The summed E-state index contributed by atoms with van der Waals surface area (Å²) in [5, 5.41) is 0. The smallest absolute Gasteiger partial charge is 0.192 e. The molecular formula is C15H20FN3O. The number of ether oxygens (including phenoxy) is 1. The average molecular weight is 277 g/mol. The molecule has 2 unspecified atom stereocenters. The zero-order chi connectivity index (χ0) is 14.1. The topological polar surface area (TPSA) is 50.8 Å². The summed E-state index contributed by atoms with van der Waals surface area (Å²) in [6.45, 7) is 3.97. The molecule has 1 aromatic carbocycles. The minimum atomic E-state index is -0.192. The maximum absolute atomic E-state index is 14.1. The minimum Gasteiger partial charge on any atom is -0.376 e. The van der Waals surface area contributed by atoms with E-state index in [9.17, 15) is 4.39 Å². The lowest BCUT2D eigenvalue weighted by Gasteiger charge is -2.29. The van der Waals surface area contributed by atoms with Gasteiger partial charge in [-0.2, -0.15) is 0 Å². The highest BCUT2D eigenvalue weighted by Crippen LogP contribution is 2.29. The molecular weight excluding hydrogens is 257 g/mol.